The topological polar surface area (TPSA) is 113 Å². The predicted molar refractivity (Wildman–Crippen MR) is 66.3 cm³/mol. The van der Waals surface area contributed by atoms with Gasteiger partial charge in [0, 0.05) is 8.07 Å². The summed E-state index contributed by atoms with van der Waals surface area (Å²) < 4.78 is 4.81. The molecular weight excluding hydrogens is 258 g/mol. The third kappa shape index (κ3) is 8.56. The van der Waals surface area contributed by atoms with Crippen molar-refractivity contribution >= 4 is 26.1 Å². The Balaban J connectivity index is 4.11. The Labute approximate surface area is 106 Å². The molecule has 0 radical (unpaired) electrons. The van der Waals surface area contributed by atoms with Gasteiger partial charge in [-0.1, -0.05) is 19.6 Å². The zero-order valence-corrected chi connectivity index (χ0v) is 11.7. The number of ether oxygens (including phenoxy) is 1. The van der Waals surface area contributed by atoms with E-state index in [0.29, 0.717) is 0 Å². The van der Waals surface area contributed by atoms with E-state index in [9.17, 15) is 14.4 Å². The molecule has 1 atom stereocenters. The average Bonchev–Trinajstić information content (AvgIpc) is 2.13. The van der Waals surface area contributed by atoms with Gasteiger partial charge in [-0.3, -0.25) is 4.79 Å². The quantitative estimate of drug-likeness (QED) is 0.598. The number of aliphatic carboxylic acids is 2. The summed E-state index contributed by atoms with van der Waals surface area (Å²) in [6, 6.07) is -0.709. The molecule has 18 heavy (non-hydrogen) atoms. The molecule has 0 aliphatic rings. The predicted octanol–water partition coefficient (Wildman–Crippen LogP) is 0.979. The molecule has 0 aromatic rings. The summed E-state index contributed by atoms with van der Waals surface area (Å²) in [5.74, 6) is -2.70. The Kier molecular flexibility index (Phi) is 6.38. The van der Waals surface area contributed by atoms with Crippen molar-refractivity contribution < 1.29 is 29.3 Å². The van der Waals surface area contributed by atoms with Crippen LogP contribution in [0.2, 0.25) is 25.7 Å². The number of carbonyl (C=O) groups is 3. The van der Waals surface area contributed by atoms with E-state index in [1.54, 1.807) is 0 Å². The molecule has 8 heteroatoms. The summed E-state index contributed by atoms with van der Waals surface area (Å²) in [6.45, 7) is 6.54. The normalized spacial score (nSPS) is 12.6. The van der Waals surface area contributed by atoms with E-state index in [1.807, 2.05) is 5.32 Å². The standard InChI is InChI=1S/C10H19NO6Si/c1-18(2,3)5-4-17-10(16)11-7(9(14)15)6-8(12)13/h7H,4-6H2,1-3H3,(H,11,16)(H,12,13)(H,14,15)/t7-/m0/s1. The molecule has 0 rings (SSSR count). The van der Waals surface area contributed by atoms with Crippen LogP contribution in [-0.2, 0) is 14.3 Å². The van der Waals surface area contributed by atoms with Crippen molar-refractivity contribution in [3.63, 3.8) is 0 Å². The summed E-state index contributed by atoms with van der Waals surface area (Å²) in [6.07, 6.45) is -1.58. The molecule has 0 unspecified atom stereocenters. The van der Waals surface area contributed by atoms with Crippen LogP contribution in [0.15, 0.2) is 0 Å². The second-order valence-corrected chi connectivity index (χ2v) is 10.7. The van der Waals surface area contributed by atoms with Crippen molar-refractivity contribution in [1.29, 1.82) is 0 Å². The van der Waals surface area contributed by atoms with Crippen molar-refractivity contribution in [3.05, 3.63) is 0 Å². The van der Waals surface area contributed by atoms with Crippen LogP contribution in [0.4, 0.5) is 4.79 Å². The molecule has 0 saturated carbocycles. The van der Waals surface area contributed by atoms with Gasteiger partial charge < -0.3 is 20.3 Å². The van der Waals surface area contributed by atoms with Crippen molar-refractivity contribution in [2.75, 3.05) is 6.61 Å². The Morgan fingerprint density at radius 2 is 1.78 bits per heavy atom. The van der Waals surface area contributed by atoms with Crippen LogP contribution in [-0.4, -0.2) is 49.0 Å². The highest BCUT2D eigenvalue weighted by Crippen LogP contribution is 2.07. The van der Waals surface area contributed by atoms with E-state index < -0.39 is 38.6 Å². The monoisotopic (exact) mass is 277 g/mol. The molecular formula is C10H19NO6Si. The molecule has 104 valence electrons. The SMILES string of the molecule is C[Si](C)(C)CCOC(=O)N[C@@H](CC(=O)O)C(=O)O. The Morgan fingerprint density at radius 3 is 2.17 bits per heavy atom. The molecule has 0 aromatic heterocycles. The summed E-state index contributed by atoms with van der Waals surface area (Å²) >= 11 is 0. The van der Waals surface area contributed by atoms with E-state index >= 15 is 0 Å². The highest BCUT2D eigenvalue weighted by atomic mass is 28.3. The fourth-order valence-electron chi connectivity index (χ4n) is 1.01. The van der Waals surface area contributed by atoms with Crippen LogP contribution in [0.3, 0.4) is 0 Å². The molecule has 0 aromatic carbocycles. The second-order valence-electron chi connectivity index (χ2n) is 5.08. The lowest BCUT2D eigenvalue weighted by atomic mass is 10.2. The summed E-state index contributed by atoms with van der Waals surface area (Å²) in [4.78, 5) is 32.3. The largest absolute Gasteiger partial charge is 0.481 e. The second kappa shape index (κ2) is 6.99. The molecule has 1 amide bonds. The van der Waals surface area contributed by atoms with Gasteiger partial charge in [-0.05, 0) is 6.04 Å². The van der Waals surface area contributed by atoms with Gasteiger partial charge in [0.2, 0.25) is 0 Å². The highest BCUT2D eigenvalue weighted by Gasteiger charge is 2.24. The number of carboxylic acid groups (broad SMARTS) is 2. The third-order valence-corrected chi connectivity index (χ3v) is 3.76. The van der Waals surface area contributed by atoms with Gasteiger partial charge in [-0.15, -0.1) is 0 Å². The van der Waals surface area contributed by atoms with Crippen LogP contribution in [0.5, 0.6) is 0 Å². The highest BCUT2D eigenvalue weighted by molar-refractivity contribution is 6.76. The van der Waals surface area contributed by atoms with Crippen molar-refractivity contribution in [1.82, 2.24) is 5.32 Å². The van der Waals surface area contributed by atoms with Crippen molar-refractivity contribution in [2.24, 2.45) is 0 Å². The number of hydrogen-bond acceptors (Lipinski definition) is 4. The first-order valence-electron chi connectivity index (χ1n) is 5.50. The van der Waals surface area contributed by atoms with Gasteiger partial charge in [-0.25, -0.2) is 9.59 Å². The maximum absolute atomic E-state index is 11.3. The number of alkyl carbamates (subject to hydrolysis) is 1. The minimum absolute atomic E-state index is 0.209. The summed E-state index contributed by atoms with van der Waals surface area (Å²) in [5, 5.41) is 19.2. The lowest BCUT2D eigenvalue weighted by molar-refractivity contribution is -0.145. The maximum atomic E-state index is 11.3. The lowest BCUT2D eigenvalue weighted by Gasteiger charge is -2.16. The van der Waals surface area contributed by atoms with E-state index in [1.165, 1.54) is 0 Å². The van der Waals surface area contributed by atoms with Gasteiger partial charge >= 0.3 is 18.0 Å². The number of hydrogen-bond donors (Lipinski definition) is 3. The lowest BCUT2D eigenvalue weighted by Crippen LogP contribution is -2.42. The first kappa shape index (κ1) is 16.4. The van der Waals surface area contributed by atoms with Gasteiger partial charge in [0.1, 0.15) is 6.04 Å². The van der Waals surface area contributed by atoms with E-state index in [2.05, 4.69) is 19.6 Å². The molecule has 3 N–H and O–H groups in total. The van der Waals surface area contributed by atoms with E-state index in [0.717, 1.165) is 6.04 Å². The number of rotatable bonds is 7. The third-order valence-electron chi connectivity index (χ3n) is 2.05. The summed E-state index contributed by atoms with van der Waals surface area (Å²) in [7, 11) is -1.33. The number of nitrogens with one attached hydrogen (secondary N) is 1. The van der Waals surface area contributed by atoms with Crippen LogP contribution in [0.25, 0.3) is 0 Å². The number of carboxylic acids is 2. The zero-order valence-electron chi connectivity index (χ0n) is 10.7. The first-order valence-corrected chi connectivity index (χ1v) is 9.20. The van der Waals surface area contributed by atoms with E-state index in [-0.39, 0.29) is 6.61 Å². The van der Waals surface area contributed by atoms with Crippen LogP contribution in [0, 0.1) is 0 Å². The Hall–Kier alpha value is -1.57. The summed E-state index contributed by atoms with van der Waals surface area (Å²) in [5.41, 5.74) is 0. The molecule has 0 heterocycles. The fraction of sp³-hybridized carbons (Fsp3) is 0.700. The van der Waals surface area contributed by atoms with Crippen LogP contribution >= 0.6 is 0 Å². The van der Waals surface area contributed by atoms with E-state index in [4.69, 9.17) is 14.9 Å². The van der Waals surface area contributed by atoms with Gasteiger partial charge in [0.15, 0.2) is 0 Å². The Morgan fingerprint density at radius 1 is 1.22 bits per heavy atom. The van der Waals surface area contributed by atoms with Crippen LogP contribution in [0.1, 0.15) is 6.42 Å². The van der Waals surface area contributed by atoms with Crippen molar-refractivity contribution in [3.8, 4) is 0 Å². The molecule has 7 nitrogen and oxygen atoms in total. The average molecular weight is 277 g/mol. The molecule has 0 aliphatic heterocycles. The maximum Gasteiger partial charge on any atom is 0.407 e. The fourth-order valence-corrected chi connectivity index (χ4v) is 1.72. The van der Waals surface area contributed by atoms with Gasteiger partial charge in [0.25, 0.3) is 0 Å². The minimum Gasteiger partial charge on any atom is -0.481 e. The number of carbonyl (C=O) groups excluding carboxylic acids is 1. The zero-order chi connectivity index (χ0) is 14.3. The molecule has 0 spiro atoms. The van der Waals surface area contributed by atoms with Crippen molar-refractivity contribution in [2.45, 2.75) is 38.1 Å². The molecule has 0 saturated heterocycles. The smallest absolute Gasteiger partial charge is 0.407 e. The molecule has 0 fully saturated rings. The number of amides is 1. The van der Waals surface area contributed by atoms with Gasteiger partial charge in [0.05, 0.1) is 13.0 Å². The first-order chi connectivity index (χ1) is 8.11. The van der Waals surface area contributed by atoms with Gasteiger partial charge in [-0.2, -0.15) is 0 Å². The Bertz CT molecular complexity index is 325. The minimum atomic E-state index is -1.47. The van der Waals surface area contributed by atoms with Crippen LogP contribution < -0.4 is 5.32 Å². The molecule has 0 bridgehead atoms. The molecule has 0 aliphatic carbocycles.